The predicted molar refractivity (Wildman–Crippen MR) is 65.6 cm³/mol. The van der Waals surface area contributed by atoms with Crippen molar-refractivity contribution in [2.24, 2.45) is 0 Å². The minimum Gasteiger partial charge on any atom is -0.373 e. The number of hydrogen-bond donors (Lipinski definition) is 1. The van der Waals surface area contributed by atoms with Crippen LogP contribution in [0.2, 0.25) is 0 Å². The number of likely N-dealkylation sites (N-methyl/N-ethyl adjacent to an activating group) is 1. The van der Waals surface area contributed by atoms with E-state index in [-0.39, 0.29) is 6.10 Å². The number of morpholine rings is 1. The molecular weight excluding hydrogens is 272 g/mol. The predicted octanol–water partition coefficient (Wildman–Crippen LogP) is 0.664. The van der Waals surface area contributed by atoms with Crippen LogP contribution in [-0.4, -0.2) is 49.4 Å². The first-order valence-corrected chi connectivity index (χ1v) is 6.07. The molecule has 0 spiro atoms. The highest BCUT2D eigenvalue weighted by Crippen LogP contribution is 2.14. The van der Waals surface area contributed by atoms with E-state index in [1.165, 1.54) is 0 Å². The smallest absolute Gasteiger partial charge is 0.225 e. The van der Waals surface area contributed by atoms with Crippen LogP contribution in [0, 0.1) is 0 Å². The van der Waals surface area contributed by atoms with Gasteiger partial charge in [-0.05, 0) is 23.0 Å². The molecule has 1 aromatic heterocycles. The molecule has 1 N–H and O–H groups in total. The lowest BCUT2D eigenvalue weighted by Crippen LogP contribution is -2.46. The summed E-state index contributed by atoms with van der Waals surface area (Å²) in [6, 6.07) is 0. The van der Waals surface area contributed by atoms with Gasteiger partial charge in [-0.1, -0.05) is 0 Å². The van der Waals surface area contributed by atoms with Gasteiger partial charge in [-0.3, -0.25) is 0 Å². The minimum absolute atomic E-state index is 0.214. The number of rotatable bonds is 3. The Bertz CT molecular complexity index is 330. The minimum atomic E-state index is 0.214. The highest BCUT2D eigenvalue weighted by Gasteiger charge is 2.21. The van der Waals surface area contributed by atoms with Gasteiger partial charge < -0.3 is 15.0 Å². The van der Waals surface area contributed by atoms with E-state index >= 15 is 0 Å². The van der Waals surface area contributed by atoms with Crippen LogP contribution < -0.4 is 10.2 Å². The molecule has 0 saturated carbocycles. The molecule has 88 valence electrons. The summed E-state index contributed by atoms with van der Waals surface area (Å²) in [5.41, 5.74) is 0. The summed E-state index contributed by atoms with van der Waals surface area (Å²) in [4.78, 5) is 10.7. The summed E-state index contributed by atoms with van der Waals surface area (Å²) in [7, 11) is 1.93. The lowest BCUT2D eigenvalue weighted by atomic mass is 10.3. The van der Waals surface area contributed by atoms with Gasteiger partial charge in [0.15, 0.2) is 0 Å². The Morgan fingerprint density at radius 3 is 3.00 bits per heavy atom. The van der Waals surface area contributed by atoms with Gasteiger partial charge in [0.25, 0.3) is 0 Å². The van der Waals surface area contributed by atoms with Crippen LogP contribution in [0.4, 0.5) is 5.95 Å². The Morgan fingerprint density at radius 2 is 2.31 bits per heavy atom. The molecule has 0 bridgehead atoms. The third-order valence-corrected chi connectivity index (χ3v) is 2.87. The molecular formula is C10H15BrN4O. The second-order valence-electron chi connectivity index (χ2n) is 3.70. The molecule has 0 amide bonds. The van der Waals surface area contributed by atoms with Crippen molar-refractivity contribution >= 4 is 21.9 Å². The number of ether oxygens (including phenoxy) is 1. The number of nitrogens with zero attached hydrogens (tertiary/aromatic N) is 3. The molecule has 1 fully saturated rings. The first-order valence-electron chi connectivity index (χ1n) is 5.28. The number of anilines is 1. The first kappa shape index (κ1) is 11.8. The van der Waals surface area contributed by atoms with Gasteiger partial charge >= 0.3 is 0 Å². The summed E-state index contributed by atoms with van der Waals surface area (Å²) in [5, 5.41) is 3.12. The van der Waals surface area contributed by atoms with Crippen LogP contribution >= 0.6 is 15.9 Å². The summed E-state index contributed by atoms with van der Waals surface area (Å²) in [6.45, 7) is 3.27. The van der Waals surface area contributed by atoms with E-state index in [2.05, 4.69) is 36.1 Å². The molecule has 1 aliphatic rings. The maximum Gasteiger partial charge on any atom is 0.225 e. The first-order chi connectivity index (χ1) is 7.79. The lowest BCUT2D eigenvalue weighted by molar-refractivity contribution is 0.0416. The van der Waals surface area contributed by atoms with Crippen LogP contribution in [0.25, 0.3) is 0 Å². The number of halogens is 1. The van der Waals surface area contributed by atoms with Gasteiger partial charge in [0, 0.05) is 32.0 Å². The normalized spacial score (nSPS) is 21.1. The van der Waals surface area contributed by atoms with Crippen molar-refractivity contribution in [3.05, 3.63) is 16.9 Å². The molecule has 16 heavy (non-hydrogen) atoms. The molecule has 0 radical (unpaired) electrons. The van der Waals surface area contributed by atoms with Gasteiger partial charge in [-0.15, -0.1) is 0 Å². The van der Waals surface area contributed by atoms with Crippen molar-refractivity contribution in [1.82, 2.24) is 15.3 Å². The molecule has 0 aromatic carbocycles. The van der Waals surface area contributed by atoms with Gasteiger partial charge in [-0.2, -0.15) is 0 Å². The number of hydrogen-bond acceptors (Lipinski definition) is 5. The van der Waals surface area contributed by atoms with E-state index in [4.69, 9.17) is 4.74 Å². The van der Waals surface area contributed by atoms with Crippen molar-refractivity contribution in [3.63, 3.8) is 0 Å². The zero-order valence-electron chi connectivity index (χ0n) is 9.19. The number of nitrogens with one attached hydrogen (secondary N) is 1. The van der Waals surface area contributed by atoms with E-state index in [0.717, 1.165) is 36.7 Å². The zero-order valence-corrected chi connectivity index (χ0v) is 10.8. The van der Waals surface area contributed by atoms with Crippen LogP contribution in [0.3, 0.4) is 0 Å². The van der Waals surface area contributed by atoms with E-state index in [9.17, 15) is 0 Å². The third-order valence-electron chi connectivity index (χ3n) is 2.46. The second kappa shape index (κ2) is 5.56. The summed E-state index contributed by atoms with van der Waals surface area (Å²) in [6.07, 6.45) is 3.75. The molecule has 2 heterocycles. The Hall–Kier alpha value is -0.720. The average Bonchev–Trinajstić information content (AvgIpc) is 2.31. The maximum atomic E-state index is 5.62. The quantitative estimate of drug-likeness (QED) is 0.885. The summed E-state index contributed by atoms with van der Waals surface area (Å²) in [5.74, 6) is 0.771. The van der Waals surface area contributed by atoms with Crippen molar-refractivity contribution in [1.29, 1.82) is 0 Å². The van der Waals surface area contributed by atoms with Crippen molar-refractivity contribution in [2.75, 3.05) is 38.2 Å². The average molecular weight is 287 g/mol. The van der Waals surface area contributed by atoms with Gasteiger partial charge in [0.05, 0.1) is 17.2 Å². The topological polar surface area (TPSA) is 50.3 Å². The third kappa shape index (κ3) is 2.90. The fraction of sp³-hybridized carbons (Fsp3) is 0.600. The summed E-state index contributed by atoms with van der Waals surface area (Å²) < 4.78 is 6.52. The standard InChI is InChI=1S/C10H15BrN4O/c1-12-6-9-7-15(2-3-16-9)10-13-4-8(11)5-14-10/h4-5,9,12H,2-3,6-7H2,1H3. The van der Waals surface area contributed by atoms with E-state index in [1.54, 1.807) is 12.4 Å². The van der Waals surface area contributed by atoms with Crippen LogP contribution in [0.15, 0.2) is 16.9 Å². The van der Waals surface area contributed by atoms with Gasteiger partial charge in [0.2, 0.25) is 5.95 Å². The second-order valence-corrected chi connectivity index (χ2v) is 4.61. The van der Waals surface area contributed by atoms with Crippen LogP contribution in [0.1, 0.15) is 0 Å². The van der Waals surface area contributed by atoms with E-state index < -0.39 is 0 Å². The van der Waals surface area contributed by atoms with Crippen molar-refractivity contribution in [2.45, 2.75) is 6.10 Å². The fourth-order valence-corrected chi connectivity index (χ4v) is 1.93. The Kier molecular flexibility index (Phi) is 4.09. The molecule has 1 unspecified atom stereocenters. The van der Waals surface area contributed by atoms with Crippen molar-refractivity contribution < 1.29 is 4.74 Å². The lowest BCUT2D eigenvalue weighted by Gasteiger charge is -2.32. The largest absolute Gasteiger partial charge is 0.373 e. The number of aromatic nitrogens is 2. The van der Waals surface area contributed by atoms with Crippen LogP contribution in [0.5, 0.6) is 0 Å². The van der Waals surface area contributed by atoms with E-state index in [1.807, 2.05) is 7.05 Å². The molecule has 1 atom stereocenters. The molecule has 2 rings (SSSR count). The Labute approximate surface area is 103 Å². The molecule has 1 saturated heterocycles. The molecule has 5 nitrogen and oxygen atoms in total. The Morgan fingerprint density at radius 1 is 1.56 bits per heavy atom. The highest BCUT2D eigenvalue weighted by atomic mass is 79.9. The highest BCUT2D eigenvalue weighted by molar-refractivity contribution is 9.10. The maximum absolute atomic E-state index is 5.62. The molecule has 1 aliphatic heterocycles. The fourth-order valence-electron chi connectivity index (χ4n) is 1.72. The Balaban J connectivity index is 2.01. The molecule has 6 heteroatoms. The monoisotopic (exact) mass is 286 g/mol. The summed E-state index contributed by atoms with van der Waals surface area (Å²) >= 11 is 3.33. The SMILES string of the molecule is CNCC1CN(c2ncc(Br)cn2)CCO1. The van der Waals surface area contributed by atoms with Gasteiger partial charge in [0.1, 0.15) is 0 Å². The van der Waals surface area contributed by atoms with Gasteiger partial charge in [-0.25, -0.2) is 9.97 Å². The van der Waals surface area contributed by atoms with Crippen LogP contribution in [-0.2, 0) is 4.74 Å². The molecule has 1 aromatic rings. The van der Waals surface area contributed by atoms with E-state index in [0.29, 0.717) is 0 Å². The molecule has 0 aliphatic carbocycles. The van der Waals surface area contributed by atoms with Crippen molar-refractivity contribution in [3.8, 4) is 0 Å². The zero-order chi connectivity index (χ0) is 11.4.